The molecule has 0 amide bonds. The smallest absolute Gasteiger partial charge is 0.208 e. The van der Waals surface area contributed by atoms with Gasteiger partial charge in [-0.2, -0.15) is 0 Å². The normalized spacial score (nSPS) is 22.6. The molecule has 0 aliphatic heterocycles. The van der Waals surface area contributed by atoms with Crippen LogP contribution in [0.2, 0.25) is 0 Å². The van der Waals surface area contributed by atoms with Crippen LogP contribution < -0.4 is 4.72 Å². The van der Waals surface area contributed by atoms with Crippen molar-refractivity contribution in [1.82, 2.24) is 4.72 Å². The van der Waals surface area contributed by atoms with Crippen molar-refractivity contribution in [3.63, 3.8) is 0 Å². The van der Waals surface area contributed by atoms with Gasteiger partial charge in [-0.15, -0.1) is 0 Å². The largest absolute Gasteiger partial charge is 0.240 e. The molecule has 0 saturated heterocycles. The van der Waals surface area contributed by atoms with Gasteiger partial charge in [-0.3, -0.25) is 0 Å². The van der Waals surface area contributed by atoms with Crippen LogP contribution in [0.25, 0.3) is 10.8 Å². The fourth-order valence-electron chi connectivity index (χ4n) is 3.70. The number of hydrogen-bond acceptors (Lipinski definition) is 2. The molecule has 0 aromatic heterocycles. The van der Waals surface area contributed by atoms with E-state index in [1.807, 2.05) is 30.3 Å². The monoisotopic (exact) mass is 345 g/mol. The first-order chi connectivity index (χ1) is 11.3. The summed E-state index contributed by atoms with van der Waals surface area (Å²) in [5.74, 6) is 0.680. The van der Waals surface area contributed by atoms with Crippen LogP contribution in [0, 0.1) is 11.3 Å². The van der Waals surface area contributed by atoms with Gasteiger partial charge in [-0.25, -0.2) is 13.1 Å². The molecule has 4 heteroatoms. The Balaban J connectivity index is 1.72. The lowest BCUT2D eigenvalue weighted by atomic mass is 9.71. The van der Waals surface area contributed by atoms with Gasteiger partial charge in [0.05, 0.1) is 4.90 Å². The standard InChI is InChI=1S/C20H27NO2S/c1-20(2,3)17-9-11-18(12-10-17)21-24(22,23)19-13-8-15-6-4-5-7-16(15)14-19/h4-8,13-14,17-18,21H,9-12H2,1-3H3. The summed E-state index contributed by atoms with van der Waals surface area (Å²) in [4.78, 5) is 0.360. The average molecular weight is 346 g/mol. The van der Waals surface area contributed by atoms with Crippen molar-refractivity contribution in [2.75, 3.05) is 0 Å². The number of rotatable bonds is 3. The summed E-state index contributed by atoms with van der Waals surface area (Å²) >= 11 is 0. The molecule has 0 heterocycles. The quantitative estimate of drug-likeness (QED) is 0.874. The van der Waals surface area contributed by atoms with E-state index in [2.05, 4.69) is 25.5 Å². The number of nitrogens with one attached hydrogen (secondary N) is 1. The molecule has 1 aliphatic rings. The molecule has 130 valence electrons. The number of benzene rings is 2. The first-order valence-electron chi connectivity index (χ1n) is 8.77. The highest BCUT2D eigenvalue weighted by molar-refractivity contribution is 7.89. The Morgan fingerprint density at radius 3 is 2.17 bits per heavy atom. The molecule has 1 aliphatic carbocycles. The Hall–Kier alpha value is -1.39. The van der Waals surface area contributed by atoms with E-state index in [1.165, 1.54) is 0 Å². The topological polar surface area (TPSA) is 46.2 Å². The van der Waals surface area contributed by atoms with E-state index in [1.54, 1.807) is 12.1 Å². The predicted octanol–water partition coefficient (Wildman–Crippen LogP) is 4.72. The highest BCUT2D eigenvalue weighted by Crippen LogP contribution is 2.38. The maximum atomic E-state index is 12.7. The molecule has 1 saturated carbocycles. The van der Waals surface area contributed by atoms with Gasteiger partial charge < -0.3 is 0 Å². The van der Waals surface area contributed by atoms with Crippen LogP contribution in [0.3, 0.4) is 0 Å². The molecular weight excluding hydrogens is 318 g/mol. The van der Waals surface area contributed by atoms with Crippen LogP contribution in [0.15, 0.2) is 47.4 Å². The Morgan fingerprint density at radius 2 is 1.54 bits per heavy atom. The van der Waals surface area contributed by atoms with Crippen molar-refractivity contribution in [1.29, 1.82) is 0 Å². The number of hydrogen-bond donors (Lipinski definition) is 1. The van der Waals surface area contributed by atoms with Crippen LogP contribution in [-0.2, 0) is 10.0 Å². The minimum Gasteiger partial charge on any atom is -0.208 e. The molecule has 0 bridgehead atoms. The average Bonchev–Trinajstić information content (AvgIpc) is 2.53. The zero-order chi connectivity index (χ0) is 17.4. The van der Waals surface area contributed by atoms with E-state index in [9.17, 15) is 8.42 Å². The second kappa shape index (κ2) is 6.49. The van der Waals surface area contributed by atoms with Crippen molar-refractivity contribution in [2.24, 2.45) is 11.3 Å². The molecule has 3 nitrogen and oxygen atoms in total. The first kappa shape index (κ1) is 17.4. The summed E-state index contributed by atoms with van der Waals surface area (Å²) in [6.07, 6.45) is 4.03. The van der Waals surface area contributed by atoms with Gasteiger partial charge in [-0.05, 0) is 59.9 Å². The Labute approximate surface area is 145 Å². The second-order valence-electron chi connectivity index (χ2n) is 8.04. The van der Waals surface area contributed by atoms with Crippen molar-refractivity contribution in [2.45, 2.75) is 57.4 Å². The highest BCUT2D eigenvalue weighted by Gasteiger charge is 2.31. The van der Waals surface area contributed by atoms with Crippen molar-refractivity contribution in [3.8, 4) is 0 Å². The van der Waals surface area contributed by atoms with Gasteiger partial charge in [0.15, 0.2) is 0 Å². The maximum Gasteiger partial charge on any atom is 0.240 e. The second-order valence-corrected chi connectivity index (χ2v) is 9.76. The molecule has 0 spiro atoms. The minimum atomic E-state index is -3.45. The van der Waals surface area contributed by atoms with Gasteiger partial charge >= 0.3 is 0 Å². The fourth-order valence-corrected chi connectivity index (χ4v) is 5.04. The molecule has 2 aromatic carbocycles. The molecule has 1 N–H and O–H groups in total. The van der Waals surface area contributed by atoms with Gasteiger partial charge in [0.2, 0.25) is 10.0 Å². The van der Waals surface area contributed by atoms with Crippen molar-refractivity contribution < 1.29 is 8.42 Å². The lowest BCUT2D eigenvalue weighted by Crippen LogP contribution is -2.39. The van der Waals surface area contributed by atoms with Gasteiger partial charge in [-0.1, -0.05) is 51.1 Å². The third-order valence-corrected chi connectivity index (χ3v) is 6.82. The van der Waals surface area contributed by atoms with E-state index in [4.69, 9.17) is 0 Å². The maximum absolute atomic E-state index is 12.7. The Morgan fingerprint density at radius 1 is 0.917 bits per heavy atom. The lowest BCUT2D eigenvalue weighted by Gasteiger charge is -2.37. The predicted molar refractivity (Wildman–Crippen MR) is 99.5 cm³/mol. The molecule has 24 heavy (non-hydrogen) atoms. The zero-order valence-electron chi connectivity index (χ0n) is 14.7. The van der Waals surface area contributed by atoms with Crippen LogP contribution in [0.4, 0.5) is 0 Å². The van der Waals surface area contributed by atoms with E-state index in [-0.39, 0.29) is 6.04 Å². The number of sulfonamides is 1. The summed E-state index contributed by atoms with van der Waals surface area (Å²) < 4.78 is 28.3. The first-order valence-corrected chi connectivity index (χ1v) is 10.3. The van der Waals surface area contributed by atoms with Gasteiger partial charge in [0.25, 0.3) is 0 Å². The number of fused-ring (bicyclic) bond motifs is 1. The molecule has 0 radical (unpaired) electrons. The van der Waals surface area contributed by atoms with Crippen LogP contribution in [0.5, 0.6) is 0 Å². The van der Waals surface area contributed by atoms with Crippen LogP contribution in [0.1, 0.15) is 46.5 Å². The molecule has 0 atom stereocenters. The van der Waals surface area contributed by atoms with E-state index < -0.39 is 10.0 Å². The van der Waals surface area contributed by atoms with E-state index >= 15 is 0 Å². The van der Waals surface area contributed by atoms with Gasteiger partial charge in [0.1, 0.15) is 0 Å². The van der Waals surface area contributed by atoms with Crippen molar-refractivity contribution >= 4 is 20.8 Å². The molecular formula is C20H27NO2S. The minimum absolute atomic E-state index is 0.0556. The molecule has 1 fully saturated rings. The molecule has 2 aromatic rings. The van der Waals surface area contributed by atoms with E-state index in [0.717, 1.165) is 36.5 Å². The molecule has 0 unspecified atom stereocenters. The summed E-state index contributed by atoms with van der Waals surface area (Å²) in [6.45, 7) is 6.83. The highest BCUT2D eigenvalue weighted by atomic mass is 32.2. The van der Waals surface area contributed by atoms with Crippen LogP contribution in [-0.4, -0.2) is 14.5 Å². The third-order valence-electron chi connectivity index (χ3n) is 5.30. The Bertz CT molecular complexity index is 813. The lowest BCUT2D eigenvalue weighted by molar-refractivity contribution is 0.166. The van der Waals surface area contributed by atoms with Gasteiger partial charge in [0, 0.05) is 6.04 Å². The SMILES string of the molecule is CC(C)(C)C1CCC(NS(=O)(=O)c2ccc3ccccc3c2)CC1. The summed E-state index contributed by atoms with van der Waals surface area (Å²) in [5, 5.41) is 2.01. The molecule has 3 rings (SSSR count). The third kappa shape index (κ3) is 3.81. The summed E-state index contributed by atoms with van der Waals surface area (Å²) in [7, 11) is -3.45. The Kier molecular flexibility index (Phi) is 4.71. The summed E-state index contributed by atoms with van der Waals surface area (Å²) in [5.41, 5.74) is 0.308. The van der Waals surface area contributed by atoms with Crippen LogP contribution >= 0.6 is 0 Å². The van der Waals surface area contributed by atoms with E-state index in [0.29, 0.717) is 16.2 Å². The zero-order valence-corrected chi connectivity index (χ0v) is 15.6. The van der Waals surface area contributed by atoms with Crippen molar-refractivity contribution in [3.05, 3.63) is 42.5 Å². The fraction of sp³-hybridized carbons (Fsp3) is 0.500. The summed E-state index contributed by atoms with van der Waals surface area (Å²) in [6, 6.07) is 13.2.